The van der Waals surface area contributed by atoms with Gasteiger partial charge in [-0.1, -0.05) is 30.3 Å². The van der Waals surface area contributed by atoms with E-state index in [0.29, 0.717) is 12.6 Å². The fraction of sp³-hybridized carbons (Fsp3) is 0.520. The zero-order chi connectivity index (χ0) is 22.1. The monoisotopic (exact) mass is 452 g/mol. The van der Waals surface area contributed by atoms with Crippen molar-refractivity contribution in [3.8, 4) is 0 Å². The van der Waals surface area contributed by atoms with Gasteiger partial charge in [-0.05, 0) is 44.2 Å². The molecule has 32 heavy (non-hydrogen) atoms. The molecule has 0 spiro atoms. The van der Waals surface area contributed by atoms with E-state index in [0.717, 1.165) is 67.9 Å². The predicted molar refractivity (Wildman–Crippen MR) is 130 cm³/mol. The summed E-state index contributed by atoms with van der Waals surface area (Å²) in [7, 11) is 0. The summed E-state index contributed by atoms with van der Waals surface area (Å²) in [6.07, 6.45) is 4.69. The van der Waals surface area contributed by atoms with Crippen LogP contribution in [0.2, 0.25) is 0 Å². The third-order valence-electron chi connectivity index (χ3n) is 6.92. The van der Waals surface area contributed by atoms with E-state index in [1.54, 1.807) is 22.2 Å². The molecule has 3 aromatic rings. The molecule has 1 aliphatic heterocycles. The number of aryl methyl sites for hydroxylation is 1. The van der Waals surface area contributed by atoms with Crippen LogP contribution in [-0.2, 0) is 24.1 Å². The maximum absolute atomic E-state index is 13.3. The first-order valence-electron chi connectivity index (χ1n) is 11.6. The van der Waals surface area contributed by atoms with Crippen LogP contribution in [0.15, 0.2) is 41.5 Å². The minimum atomic E-state index is 0.0937. The van der Waals surface area contributed by atoms with Crippen molar-refractivity contribution < 1.29 is 4.74 Å². The standard InChI is InChI=1S/C25H32N4O2S/c1-25(2,29-10-12-31-13-11-29)16-26-19-8-9-20-21(14-19)32-23-22(20)24(30)28(17-27-23)15-18-6-4-3-5-7-18/h3-7,17,19,26H,8-16H2,1-2H3. The number of aromatic nitrogens is 2. The summed E-state index contributed by atoms with van der Waals surface area (Å²) in [4.78, 5) is 22.7. The first-order chi connectivity index (χ1) is 15.5. The Balaban J connectivity index is 1.30. The number of benzene rings is 1. The number of hydrogen-bond donors (Lipinski definition) is 1. The second kappa shape index (κ2) is 9.06. The smallest absolute Gasteiger partial charge is 0.262 e. The van der Waals surface area contributed by atoms with E-state index in [2.05, 4.69) is 29.0 Å². The molecule has 5 rings (SSSR count). The van der Waals surface area contributed by atoms with Gasteiger partial charge in [0.15, 0.2) is 0 Å². The molecule has 0 amide bonds. The molecule has 2 aliphatic rings. The van der Waals surface area contributed by atoms with Gasteiger partial charge in [-0.3, -0.25) is 14.3 Å². The number of fused-ring (bicyclic) bond motifs is 3. The van der Waals surface area contributed by atoms with Gasteiger partial charge < -0.3 is 10.1 Å². The molecule has 7 heteroatoms. The van der Waals surface area contributed by atoms with E-state index in [4.69, 9.17) is 4.74 Å². The molecule has 6 nitrogen and oxygen atoms in total. The number of thiophene rings is 1. The van der Waals surface area contributed by atoms with E-state index in [9.17, 15) is 4.79 Å². The lowest BCUT2D eigenvalue weighted by atomic mass is 9.92. The first kappa shape index (κ1) is 21.8. The van der Waals surface area contributed by atoms with Crippen LogP contribution in [0.4, 0.5) is 0 Å². The quantitative estimate of drug-likeness (QED) is 0.623. The summed E-state index contributed by atoms with van der Waals surface area (Å²) in [5.41, 5.74) is 2.55. The lowest BCUT2D eigenvalue weighted by Gasteiger charge is -2.42. The molecule has 0 radical (unpaired) electrons. The molecule has 3 heterocycles. The Morgan fingerprint density at radius 3 is 2.78 bits per heavy atom. The van der Waals surface area contributed by atoms with Gasteiger partial charge in [-0.15, -0.1) is 11.3 Å². The second-order valence-electron chi connectivity index (χ2n) is 9.58. The van der Waals surface area contributed by atoms with Crippen molar-refractivity contribution in [2.24, 2.45) is 0 Å². The molecule has 2 aromatic heterocycles. The molecule has 1 unspecified atom stereocenters. The van der Waals surface area contributed by atoms with Gasteiger partial charge in [0.05, 0.1) is 31.5 Å². The zero-order valence-electron chi connectivity index (χ0n) is 19.0. The molecule has 0 bridgehead atoms. The van der Waals surface area contributed by atoms with E-state index >= 15 is 0 Å². The van der Waals surface area contributed by atoms with Crippen LogP contribution in [0, 0.1) is 0 Å². The fourth-order valence-corrected chi connectivity index (χ4v) is 6.20. The molecule has 1 fully saturated rings. The molecule has 1 aromatic carbocycles. The van der Waals surface area contributed by atoms with Gasteiger partial charge in [0.25, 0.3) is 5.56 Å². The SMILES string of the molecule is CC(C)(CNC1CCc2c(sc3ncn(Cc4ccccc4)c(=O)c23)C1)N1CCOCC1. The van der Waals surface area contributed by atoms with Crippen LogP contribution in [0.5, 0.6) is 0 Å². The average Bonchev–Trinajstić information content (AvgIpc) is 3.19. The van der Waals surface area contributed by atoms with Crippen molar-refractivity contribution in [3.05, 3.63) is 63.0 Å². The van der Waals surface area contributed by atoms with Gasteiger partial charge >= 0.3 is 0 Å². The summed E-state index contributed by atoms with van der Waals surface area (Å²) in [6, 6.07) is 10.6. The van der Waals surface area contributed by atoms with E-state index in [1.165, 1.54) is 10.4 Å². The Morgan fingerprint density at radius 2 is 2.00 bits per heavy atom. The Bertz CT molecular complexity index is 1130. The molecule has 0 saturated carbocycles. The minimum absolute atomic E-state index is 0.0937. The first-order valence-corrected chi connectivity index (χ1v) is 12.4. The largest absolute Gasteiger partial charge is 0.379 e. The number of hydrogen-bond acceptors (Lipinski definition) is 6. The maximum Gasteiger partial charge on any atom is 0.262 e. The minimum Gasteiger partial charge on any atom is -0.379 e. The second-order valence-corrected chi connectivity index (χ2v) is 10.7. The lowest BCUT2D eigenvalue weighted by Crippen LogP contribution is -2.56. The molecule has 1 atom stereocenters. The van der Waals surface area contributed by atoms with Crippen molar-refractivity contribution in [2.75, 3.05) is 32.8 Å². The van der Waals surface area contributed by atoms with Crippen LogP contribution >= 0.6 is 11.3 Å². The average molecular weight is 453 g/mol. The van der Waals surface area contributed by atoms with Crippen LogP contribution < -0.4 is 10.9 Å². The normalized spacial score (nSPS) is 19.9. The van der Waals surface area contributed by atoms with Crippen molar-refractivity contribution in [1.29, 1.82) is 0 Å². The van der Waals surface area contributed by atoms with Crippen LogP contribution in [0.25, 0.3) is 10.2 Å². The molecular formula is C25H32N4O2S. The molecule has 170 valence electrons. The zero-order valence-corrected chi connectivity index (χ0v) is 19.8. The number of morpholine rings is 1. The highest BCUT2D eigenvalue weighted by Crippen LogP contribution is 2.34. The summed E-state index contributed by atoms with van der Waals surface area (Å²) < 4.78 is 7.26. The number of nitrogens with one attached hydrogen (secondary N) is 1. The fourth-order valence-electron chi connectivity index (χ4n) is 4.94. The molecular weight excluding hydrogens is 420 g/mol. The van der Waals surface area contributed by atoms with E-state index < -0.39 is 0 Å². The van der Waals surface area contributed by atoms with Gasteiger partial charge in [0.2, 0.25) is 0 Å². The maximum atomic E-state index is 13.3. The molecule has 1 aliphatic carbocycles. The van der Waals surface area contributed by atoms with E-state index in [1.807, 2.05) is 30.3 Å². The van der Waals surface area contributed by atoms with Crippen molar-refractivity contribution in [1.82, 2.24) is 19.8 Å². The Morgan fingerprint density at radius 1 is 1.22 bits per heavy atom. The Labute approximate surface area is 193 Å². The summed E-state index contributed by atoms with van der Waals surface area (Å²) >= 11 is 1.70. The third kappa shape index (κ3) is 4.39. The highest BCUT2D eigenvalue weighted by atomic mass is 32.1. The van der Waals surface area contributed by atoms with Crippen molar-refractivity contribution in [3.63, 3.8) is 0 Å². The Kier molecular flexibility index (Phi) is 6.16. The number of nitrogens with zero attached hydrogens (tertiary/aromatic N) is 3. The highest BCUT2D eigenvalue weighted by Gasteiger charge is 2.30. The van der Waals surface area contributed by atoms with Crippen molar-refractivity contribution >= 4 is 21.6 Å². The van der Waals surface area contributed by atoms with Crippen molar-refractivity contribution in [2.45, 2.75) is 51.2 Å². The van der Waals surface area contributed by atoms with Gasteiger partial charge in [0, 0.05) is 36.1 Å². The lowest BCUT2D eigenvalue weighted by molar-refractivity contribution is -0.0104. The topological polar surface area (TPSA) is 59.4 Å². The van der Waals surface area contributed by atoms with Gasteiger partial charge in [0.1, 0.15) is 4.83 Å². The summed E-state index contributed by atoms with van der Waals surface area (Å²) in [6.45, 7) is 9.81. The highest BCUT2D eigenvalue weighted by molar-refractivity contribution is 7.18. The van der Waals surface area contributed by atoms with Crippen LogP contribution in [0.3, 0.4) is 0 Å². The molecule has 1 saturated heterocycles. The number of rotatable bonds is 6. The van der Waals surface area contributed by atoms with Gasteiger partial charge in [-0.2, -0.15) is 0 Å². The molecule has 1 N–H and O–H groups in total. The Hall–Kier alpha value is -2.06. The van der Waals surface area contributed by atoms with E-state index in [-0.39, 0.29) is 11.1 Å². The summed E-state index contributed by atoms with van der Waals surface area (Å²) in [5, 5.41) is 4.67. The third-order valence-corrected chi connectivity index (χ3v) is 8.08. The van der Waals surface area contributed by atoms with Crippen LogP contribution in [-0.4, -0.2) is 58.9 Å². The number of ether oxygens (including phenoxy) is 1. The van der Waals surface area contributed by atoms with Crippen LogP contribution in [0.1, 0.15) is 36.3 Å². The summed E-state index contributed by atoms with van der Waals surface area (Å²) in [5.74, 6) is 0. The van der Waals surface area contributed by atoms with Gasteiger partial charge in [-0.25, -0.2) is 4.98 Å². The predicted octanol–water partition coefficient (Wildman–Crippen LogP) is 3.06.